The largest absolute Gasteiger partial charge is 0.428 e. The number of aryl methyl sites for hydroxylation is 2. The van der Waals surface area contributed by atoms with Gasteiger partial charge in [-0.25, -0.2) is 4.79 Å². The van der Waals surface area contributed by atoms with E-state index in [1.165, 1.54) is 5.56 Å². The van der Waals surface area contributed by atoms with E-state index in [-0.39, 0.29) is 18.1 Å². The topological polar surface area (TPSA) is 67.2 Å². The lowest BCUT2D eigenvalue weighted by molar-refractivity contribution is 0.251. The van der Waals surface area contributed by atoms with Gasteiger partial charge in [-0.2, -0.15) is 4.98 Å². The number of rotatable bonds is 3. The zero-order chi connectivity index (χ0) is 14.1. The first-order valence-electron chi connectivity index (χ1n) is 6.70. The fourth-order valence-corrected chi connectivity index (χ4v) is 2.25. The molecular formula is C15H17N3O2. The van der Waals surface area contributed by atoms with Crippen molar-refractivity contribution < 1.29 is 9.21 Å². The monoisotopic (exact) mass is 271 g/mol. The van der Waals surface area contributed by atoms with Gasteiger partial charge in [0.15, 0.2) is 0 Å². The van der Waals surface area contributed by atoms with Crippen LogP contribution in [0.25, 0.3) is 0 Å². The molecule has 0 aliphatic heterocycles. The highest BCUT2D eigenvalue weighted by molar-refractivity contribution is 5.87. The summed E-state index contributed by atoms with van der Waals surface area (Å²) in [6.07, 6.45) is 0.973. The second-order valence-corrected chi connectivity index (χ2v) is 5.12. The van der Waals surface area contributed by atoms with E-state index in [1.807, 2.05) is 32.0 Å². The molecule has 1 aromatic carbocycles. The van der Waals surface area contributed by atoms with E-state index in [1.54, 1.807) is 0 Å². The number of carbonyl (C=O) groups excluding carboxylic acids is 1. The van der Waals surface area contributed by atoms with E-state index in [2.05, 4.69) is 27.8 Å². The normalized spacial score (nSPS) is 20.5. The van der Waals surface area contributed by atoms with Gasteiger partial charge in [0.1, 0.15) is 5.76 Å². The van der Waals surface area contributed by atoms with Gasteiger partial charge in [-0.1, -0.05) is 30.3 Å². The van der Waals surface area contributed by atoms with Crippen molar-refractivity contribution in [1.82, 2.24) is 10.3 Å². The number of nitrogens with one attached hydrogen (secondary N) is 2. The molecule has 0 spiro atoms. The first kappa shape index (κ1) is 12.7. The molecule has 0 unspecified atom stereocenters. The zero-order valence-electron chi connectivity index (χ0n) is 11.5. The number of amides is 2. The zero-order valence-corrected chi connectivity index (χ0v) is 11.5. The fraction of sp³-hybridized carbons (Fsp3) is 0.333. The SMILES string of the molecule is Cc1nc(NC(=O)N[C@H]2C[C@H]2c2ccccc2)oc1C. The summed E-state index contributed by atoms with van der Waals surface area (Å²) in [4.78, 5) is 16.0. The van der Waals surface area contributed by atoms with E-state index in [4.69, 9.17) is 4.42 Å². The summed E-state index contributed by atoms with van der Waals surface area (Å²) in [6, 6.07) is 10.4. The summed E-state index contributed by atoms with van der Waals surface area (Å²) in [6.45, 7) is 3.66. The van der Waals surface area contributed by atoms with Gasteiger partial charge in [0, 0.05) is 12.0 Å². The van der Waals surface area contributed by atoms with Crippen LogP contribution in [0.2, 0.25) is 0 Å². The number of aromatic nitrogens is 1. The number of oxazole rings is 1. The predicted molar refractivity (Wildman–Crippen MR) is 75.7 cm³/mol. The van der Waals surface area contributed by atoms with Crippen LogP contribution in [0.3, 0.4) is 0 Å². The van der Waals surface area contributed by atoms with Crippen LogP contribution in [-0.4, -0.2) is 17.1 Å². The van der Waals surface area contributed by atoms with Crippen molar-refractivity contribution in [2.45, 2.75) is 32.2 Å². The van der Waals surface area contributed by atoms with Crippen LogP contribution in [0, 0.1) is 13.8 Å². The second kappa shape index (κ2) is 5.00. The Morgan fingerprint density at radius 1 is 1.30 bits per heavy atom. The first-order chi connectivity index (χ1) is 9.63. The van der Waals surface area contributed by atoms with Crippen LogP contribution in [-0.2, 0) is 0 Å². The minimum absolute atomic E-state index is 0.189. The minimum atomic E-state index is -0.269. The molecule has 104 valence electrons. The summed E-state index contributed by atoms with van der Waals surface area (Å²) < 4.78 is 5.32. The molecule has 5 nitrogen and oxygen atoms in total. The van der Waals surface area contributed by atoms with Crippen molar-refractivity contribution in [2.24, 2.45) is 0 Å². The van der Waals surface area contributed by atoms with Crippen molar-refractivity contribution in [1.29, 1.82) is 0 Å². The molecule has 0 saturated heterocycles. The highest BCUT2D eigenvalue weighted by Gasteiger charge is 2.39. The van der Waals surface area contributed by atoms with Crippen molar-refractivity contribution in [3.05, 3.63) is 47.3 Å². The quantitative estimate of drug-likeness (QED) is 0.901. The minimum Gasteiger partial charge on any atom is -0.428 e. The summed E-state index contributed by atoms with van der Waals surface area (Å²) in [5, 5.41) is 5.55. The lowest BCUT2D eigenvalue weighted by Crippen LogP contribution is -2.31. The average molecular weight is 271 g/mol. The molecule has 3 rings (SSSR count). The van der Waals surface area contributed by atoms with Gasteiger partial charge < -0.3 is 9.73 Å². The number of urea groups is 1. The molecule has 0 bridgehead atoms. The van der Waals surface area contributed by atoms with Gasteiger partial charge in [-0.3, -0.25) is 5.32 Å². The standard InChI is InChI=1S/C15H17N3O2/c1-9-10(2)20-15(16-9)18-14(19)17-13-8-12(13)11-6-4-3-5-7-11/h3-7,12-13H,8H2,1-2H3,(H2,16,17,18,19)/t12-,13-/m0/s1. The van der Waals surface area contributed by atoms with E-state index >= 15 is 0 Å². The van der Waals surface area contributed by atoms with Crippen molar-refractivity contribution in [3.8, 4) is 0 Å². The lowest BCUT2D eigenvalue weighted by atomic mass is 10.1. The Morgan fingerprint density at radius 2 is 2.05 bits per heavy atom. The van der Waals surface area contributed by atoms with E-state index in [0.29, 0.717) is 11.7 Å². The van der Waals surface area contributed by atoms with Crippen molar-refractivity contribution in [2.75, 3.05) is 5.32 Å². The Morgan fingerprint density at radius 3 is 2.70 bits per heavy atom. The van der Waals surface area contributed by atoms with Crippen LogP contribution in [0.5, 0.6) is 0 Å². The summed E-state index contributed by atoms with van der Waals surface area (Å²) in [5.41, 5.74) is 2.05. The van der Waals surface area contributed by atoms with Crippen LogP contribution < -0.4 is 10.6 Å². The molecule has 5 heteroatoms. The molecule has 1 fully saturated rings. The molecule has 2 amide bonds. The van der Waals surface area contributed by atoms with Gasteiger partial charge in [0.25, 0.3) is 0 Å². The third-order valence-corrected chi connectivity index (χ3v) is 3.58. The molecule has 2 N–H and O–H groups in total. The Bertz CT molecular complexity index is 602. The van der Waals surface area contributed by atoms with Gasteiger partial charge in [0.05, 0.1) is 5.69 Å². The highest BCUT2D eigenvalue weighted by Crippen LogP contribution is 2.40. The summed E-state index contributed by atoms with van der Waals surface area (Å²) >= 11 is 0. The third kappa shape index (κ3) is 2.66. The highest BCUT2D eigenvalue weighted by atomic mass is 16.4. The fourth-order valence-electron chi connectivity index (χ4n) is 2.25. The molecule has 20 heavy (non-hydrogen) atoms. The Labute approximate surface area is 117 Å². The third-order valence-electron chi connectivity index (χ3n) is 3.58. The van der Waals surface area contributed by atoms with E-state index < -0.39 is 0 Å². The Kier molecular flexibility index (Phi) is 3.18. The molecule has 1 aliphatic carbocycles. The lowest BCUT2D eigenvalue weighted by Gasteiger charge is -2.04. The summed E-state index contributed by atoms with van der Waals surface area (Å²) in [7, 11) is 0. The summed E-state index contributed by atoms with van der Waals surface area (Å²) in [5.74, 6) is 1.13. The number of hydrogen-bond donors (Lipinski definition) is 2. The number of carbonyl (C=O) groups is 1. The number of hydrogen-bond acceptors (Lipinski definition) is 3. The molecule has 2 aromatic rings. The van der Waals surface area contributed by atoms with Crippen molar-refractivity contribution >= 4 is 12.0 Å². The molecule has 0 radical (unpaired) electrons. The van der Waals surface area contributed by atoms with Crippen molar-refractivity contribution in [3.63, 3.8) is 0 Å². The number of nitrogens with zero attached hydrogens (tertiary/aromatic N) is 1. The molecular weight excluding hydrogens is 254 g/mol. The van der Waals surface area contributed by atoms with Gasteiger partial charge in [-0.05, 0) is 25.8 Å². The average Bonchev–Trinajstić information content (AvgIpc) is 3.11. The number of anilines is 1. The second-order valence-electron chi connectivity index (χ2n) is 5.12. The molecule has 1 heterocycles. The van der Waals surface area contributed by atoms with Crippen LogP contribution in [0.1, 0.15) is 29.4 Å². The maximum atomic E-state index is 11.8. The Hall–Kier alpha value is -2.30. The van der Waals surface area contributed by atoms with Gasteiger partial charge >= 0.3 is 12.0 Å². The van der Waals surface area contributed by atoms with E-state index in [0.717, 1.165) is 12.1 Å². The van der Waals surface area contributed by atoms with Gasteiger partial charge in [0.2, 0.25) is 0 Å². The van der Waals surface area contributed by atoms with E-state index in [9.17, 15) is 4.79 Å². The smallest absolute Gasteiger partial charge is 0.323 e. The molecule has 1 aromatic heterocycles. The Balaban J connectivity index is 1.54. The molecule has 2 atom stereocenters. The van der Waals surface area contributed by atoms with Gasteiger partial charge in [-0.15, -0.1) is 0 Å². The number of benzene rings is 1. The predicted octanol–water partition coefficient (Wildman–Crippen LogP) is 2.97. The van der Waals surface area contributed by atoms with Crippen LogP contribution in [0.4, 0.5) is 10.8 Å². The molecule has 1 aliphatic rings. The first-order valence-corrected chi connectivity index (χ1v) is 6.70. The maximum Gasteiger partial charge on any atom is 0.323 e. The van der Waals surface area contributed by atoms with Crippen LogP contribution in [0.15, 0.2) is 34.7 Å². The van der Waals surface area contributed by atoms with Crippen LogP contribution >= 0.6 is 0 Å². The maximum absolute atomic E-state index is 11.8. The molecule has 1 saturated carbocycles.